The highest BCUT2D eigenvalue weighted by Gasteiger charge is 2.35. The van der Waals surface area contributed by atoms with Crippen LogP contribution in [-0.4, -0.2) is 38.3 Å². The molecular formula is C19H18FN3O2. The van der Waals surface area contributed by atoms with Crippen LogP contribution in [0.3, 0.4) is 0 Å². The molecule has 2 atom stereocenters. The van der Waals surface area contributed by atoms with Crippen LogP contribution in [0.1, 0.15) is 18.0 Å². The average molecular weight is 339 g/mol. The van der Waals surface area contributed by atoms with Crippen molar-refractivity contribution in [3.8, 4) is 0 Å². The number of β-amino-alcohol motifs (C(OH)–C–C–N with tert-alkyl or cyclic N) is 1. The van der Waals surface area contributed by atoms with E-state index in [1.807, 2.05) is 24.3 Å². The van der Waals surface area contributed by atoms with Crippen LogP contribution in [0.5, 0.6) is 0 Å². The third-order valence-corrected chi connectivity index (χ3v) is 4.67. The van der Waals surface area contributed by atoms with Gasteiger partial charge in [-0.25, -0.2) is 4.39 Å². The maximum absolute atomic E-state index is 13.5. The fraction of sp³-hybridized carbons (Fsp3) is 0.263. The lowest BCUT2D eigenvalue weighted by Crippen LogP contribution is -2.34. The number of nitrogens with zero attached hydrogens (tertiary/aromatic N) is 3. The van der Waals surface area contributed by atoms with Gasteiger partial charge >= 0.3 is 0 Å². The van der Waals surface area contributed by atoms with Crippen molar-refractivity contribution in [3.05, 3.63) is 66.1 Å². The minimum atomic E-state index is -0.605. The minimum Gasteiger partial charge on any atom is -0.391 e. The van der Waals surface area contributed by atoms with Gasteiger partial charge < -0.3 is 10.0 Å². The van der Waals surface area contributed by atoms with Gasteiger partial charge in [0, 0.05) is 11.9 Å². The van der Waals surface area contributed by atoms with E-state index in [-0.39, 0.29) is 30.9 Å². The van der Waals surface area contributed by atoms with Crippen LogP contribution < -0.4 is 0 Å². The van der Waals surface area contributed by atoms with Crippen LogP contribution in [0.4, 0.5) is 4.39 Å². The number of aliphatic hydroxyl groups excluding tert-OH is 1. The number of likely N-dealkylation sites (tertiary alicyclic amines) is 1. The Kier molecular flexibility index (Phi) is 3.97. The van der Waals surface area contributed by atoms with Crippen LogP contribution in [0.2, 0.25) is 0 Å². The van der Waals surface area contributed by atoms with Crippen molar-refractivity contribution in [2.24, 2.45) is 0 Å². The van der Waals surface area contributed by atoms with Gasteiger partial charge in [-0.15, -0.1) is 0 Å². The smallest absolute Gasteiger partial charge is 0.244 e. The molecule has 1 N–H and O–H groups in total. The molecule has 128 valence electrons. The van der Waals surface area contributed by atoms with Crippen molar-refractivity contribution in [2.45, 2.75) is 25.1 Å². The Morgan fingerprint density at radius 1 is 1.24 bits per heavy atom. The molecule has 0 bridgehead atoms. The number of halogens is 1. The molecular weight excluding hydrogens is 321 g/mol. The van der Waals surface area contributed by atoms with Gasteiger partial charge in [0.15, 0.2) is 0 Å². The van der Waals surface area contributed by atoms with Gasteiger partial charge in [-0.3, -0.25) is 9.48 Å². The average Bonchev–Trinajstić information content (AvgIpc) is 3.19. The summed E-state index contributed by atoms with van der Waals surface area (Å²) in [5.74, 6) is -0.482. The summed E-state index contributed by atoms with van der Waals surface area (Å²) in [6.07, 6.45) is 1.53. The molecule has 0 unspecified atom stereocenters. The van der Waals surface area contributed by atoms with Crippen LogP contribution in [0, 0.1) is 5.82 Å². The summed E-state index contributed by atoms with van der Waals surface area (Å²) in [5.41, 5.74) is 1.59. The number of carbonyl (C=O) groups excluding carboxylic acids is 1. The number of carbonyl (C=O) groups is 1. The zero-order chi connectivity index (χ0) is 17.4. The van der Waals surface area contributed by atoms with Crippen LogP contribution in [0.15, 0.2) is 54.7 Å². The zero-order valence-corrected chi connectivity index (χ0v) is 13.5. The van der Waals surface area contributed by atoms with Crippen molar-refractivity contribution in [2.75, 3.05) is 6.54 Å². The summed E-state index contributed by atoms with van der Waals surface area (Å²) in [4.78, 5) is 14.5. The van der Waals surface area contributed by atoms with Crippen LogP contribution in [0.25, 0.3) is 10.9 Å². The Hall–Kier alpha value is -2.73. The lowest BCUT2D eigenvalue weighted by molar-refractivity contribution is -0.133. The van der Waals surface area contributed by atoms with Crippen molar-refractivity contribution in [1.82, 2.24) is 14.7 Å². The van der Waals surface area contributed by atoms with E-state index in [1.54, 1.807) is 27.9 Å². The van der Waals surface area contributed by atoms with E-state index in [9.17, 15) is 14.3 Å². The van der Waals surface area contributed by atoms with Gasteiger partial charge in [0.05, 0.1) is 23.9 Å². The number of aliphatic hydroxyl groups is 1. The Morgan fingerprint density at radius 2 is 2.08 bits per heavy atom. The Bertz CT molecular complexity index is 924. The molecule has 3 aromatic rings. The maximum Gasteiger partial charge on any atom is 0.244 e. The van der Waals surface area contributed by atoms with Gasteiger partial charge in [-0.05, 0) is 30.2 Å². The molecule has 6 heteroatoms. The highest BCUT2D eigenvalue weighted by molar-refractivity contribution is 5.82. The normalized spacial score (nSPS) is 20.3. The molecule has 4 rings (SSSR count). The summed E-state index contributed by atoms with van der Waals surface area (Å²) < 4.78 is 15.2. The molecule has 1 saturated heterocycles. The summed E-state index contributed by atoms with van der Waals surface area (Å²) in [5, 5.41) is 15.3. The van der Waals surface area contributed by atoms with Crippen molar-refractivity contribution in [3.63, 3.8) is 0 Å². The summed E-state index contributed by atoms with van der Waals surface area (Å²) in [6, 6.07) is 13.6. The predicted octanol–water partition coefficient (Wildman–Crippen LogP) is 2.51. The number of amides is 1. The van der Waals surface area contributed by atoms with Gasteiger partial charge in [0.1, 0.15) is 12.4 Å². The van der Waals surface area contributed by atoms with E-state index in [1.165, 1.54) is 12.1 Å². The number of rotatable bonds is 3. The highest BCUT2D eigenvalue weighted by atomic mass is 19.1. The second kappa shape index (κ2) is 6.29. The van der Waals surface area contributed by atoms with E-state index in [0.29, 0.717) is 12.0 Å². The first kappa shape index (κ1) is 15.8. The van der Waals surface area contributed by atoms with Gasteiger partial charge in [0.2, 0.25) is 5.91 Å². The topological polar surface area (TPSA) is 58.4 Å². The summed E-state index contributed by atoms with van der Waals surface area (Å²) in [6.45, 7) is 0.339. The predicted molar refractivity (Wildman–Crippen MR) is 91.2 cm³/mol. The van der Waals surface area contributed by atoms with E-state index >= 15 is 0 Å². The van der Waals surface area contributed by atoms with Crippen molar-refractivity contribution in [1.29, 1.82) is 0 Å². The number of benzene rings is 2. The SMILES string of the molecule is O=C(Cn1ncc2ccccc21)N1C[C@@H](O)C[C@@H]1c1cccc(F)c1. The largest absolute Gasteiger partial charge is 0.391 e. The molecule has 1 fully saturated rings. The zero-order valence-electron chi connectivity index (χ0n) is 13.5. The highest BCUT2D eigenvalue weighted by Crippen LogP contribution is 2.32. The third-order valence-electron chi connectivity index (χ3n) is 4.67. The van der Waals surface area contributed by atoms with E-state index in [4.69, 9.17) is 0 Å². The Morgan fingerprint density at radius 3 is 2.92 bits per heavy atom. The maximum atomic E-state index is 13.5. The van der Waals surface area contributed by atoms with Crippen molar-refractivity contribution < 1.29 is 14.3 Å². The number of fused-ring (bicyclic) bond motifs is 1. The lowest BCUT2D eigenvalue weighted by Gasteiger charge is -2.25. The summed E-state index contributed by atoms with van der Waals surface area (Å²) in [7, 11) is 0. The molecule has 2 heterocycles. The molecule has 1 aromatic heterocycles. The molecule has 2 aromatic carbocycles. The molecule has 1 aliphatic rings. The fourth-order valence-electron chi connectivity index (χ4n) is 3.49. The molecule has 0 aliphatic carbocycles. The Balaban J connectivity index is 1.59. The molecule has 5 nitrogen and oxygen atoms in total. The Labute approximate surface area is 144 Å². The second-order valence-corrected chi connectivity index (χ2v) is 6.37. The number of aromatic nitrogens is 2. The van der Waals surface area contributed by atoms with E-state index in [2.05, 4.69) is 5.10 Å². The molecule has 1 aliphatic heterocycles. The van der Waals surface area contributed by atoms with E-state index < -0.39 is 6.10 Å². The molecule has 0 radical (unpaired) electrons. The minimum absolute atomic E-state index is 0.0893. The molecule has 0 saturated carbocycles. The first-order chi connectivity index (χ1) is 12.1. The second-order valence-electron chi connectivity index (χ2n) is 6.37. The number of para-hydroxylation sites is 1. The first-order valence-electron chi connectivity index (χ1n) is 8.25. The molecule has 25 heavy (non-hydrogen) atoms. The standard InChI is InChI=1S/C19H18FN3O2/c20-15-6-3-5-13(8-15)18-9-16(24)11-22(18)19(25)12-23-17-7-2-1-4-14(17)10-21-23/h1-8,10,16,18,24H,9,11-12H2/t16-,18+/m0/s1. The first-order valence-corrected chi connectivity index (χ1v) is 8.25. The van der Waals surface area contributed by atoms with E-state index in [0.717, 1.165) is 10.9 Å². The van der Waals surface area contributed by atoms with Crippen LogP contribution in [-0.2, 0) is 11.3 Å². The quantitative estimate of drug-likeness (QED) is 0.798. The van der Waals surface area contributed by atoms with Gasteiger partial charge in [0.25, 0.3) is 0 Å². The number of hydrogen-bond donors (Lipinski definition) is 1. The summed E-state index contributed by atoms with van der Waals surface area (Å²) >= 11 is 0. The van der Waals surface area contributed by atoms with Crippen LogP contribution >= 0.6 is 0 Å². The third kappa shape index (κ3) is 3.00. The van der Waals surface area contributed by atoms with Gasteiger partial charge in [-0.1, -0.05) is 30.3 Å². The molecule has 0 spiro atoms. The van der Waals surface area contributed by atoms with Gasteiger partial charge in [-0.2, -0.15) is 5.10 Å². The molecule has 1 amide bonds. The lowest BCUT2D eigenvalue weighted by atomic mass is 10.0. The van der Waals surface area contributed by atoms with Crippen molar-refractivity contribution >= 4 is 16.8 Å². The fourth-order valence-corrected chi connectivity index (χ4v) is 3.49. The monoisotopic (exact) mass is 339 g/mol. The number of hydrogen-bond acceptors (Lipinski definition) is 3.